The summed E-state index contributed by atoms with van der Waals surface area (Å²) in [5.41, 5.74) is 0.119. The highest BCUT2D eigenvalue weighted by molar-refractivity contribution is 5.97. The average molecular weight is 403 g/mol. The van der Waals surface area contributed by atoms with Crippen LogP contribution in [0, 0.1) is 5.92 Å². The molecule has 5 heteroatoms. The fraction of sp³-hybridized carbons (Fsp3) is 0.708. The molecule has 0 aromatic heterocycles. The van der Waals surface area contributed by atoms with Gasteiger partial charge >= 0.3 is 0 Å². The van der Waals surface area contributed by atoms with Crippen molar-refractivity contribution in [3.05, 3.63) is 24.3 Å². The first kappa shape index (κ1) is 22.1. The molecule has 1 N–H and O–H groups in total. The highest BCUT2D eigenvalue weighted by Crippen LogP contribution is 2.36. The first-order valence-electron chi connectivity index (χ1n) is 11.5. The number of amides is 1. The summed E-state index contributed by atoms with van der Waals surface area (Å²) < 4.78 is 12.0. The molecule has 29 heavy (non-hydrogen) atoms. The first-order chi connectivity index (χ1) is 14.1. The summed E-state index contributed by atoms with van der Waals surface area (Å²) in [6.07, 6.45) is 8.71. The van der Waals surface area contributed by atoms with Crippen LogP contribution < -0.4 is 10.1 Å². The Morgan fingerprint density at radius 2 is 1.90 bits per heavy atom. The van der Waals surface area contributed by atoms with Gasteiger partial charge in [-0.25, -0.2) is 0 Å². The predicted molar refractivity (Wildman–Crippen MR) is 117 cm³/mol. The molecule has 0 unspecified atom stereocenters. The number of ether oxygens (including phenoxy) is 2. The molecule has 2 aliphatic rings. The van der Waals surface area contributed by atoms with Crippen LogP contribution in [-0.4, -0.2) is 49.3 Å². The van der Waals surface area contributed by atoms with Crippen LogP contribution in [0.1, 0.15) is 65.2 Å². The van der Waals surface area contributed by atoms with Gasteiger partial charge in [-0.1, -0.05) is 26.7 Å². The Labute approximate surface area is 176 Å². The molecule has 5 nitrogen and oxygen atoms in total. The number of carbonyl (C=O) groups excluding carboxylic acids is 1. The molecule has 1 aromatic rings. The number of hydrogen-bond acceptors (Lipinski definition) is 4. The van der Waals surface area contributed by atoms with Crippen LogP contribution in [0.15, 0.2) is 24.3 Å². The van der Waals surface area contributed by atoms with Gasteiger partial charge in [0.05, 0.1) is 0 Å². The minimum absolute atomic E-state index is 0.00346. The smallest absolute Gasteiger partial charge is 0.256 e. The number of hydrogen-bond donors (Lipinski definition) is 1. The van der Waals surface area contributed by atoms with Crippen molar-refractivity contribution in [3.8, 4) is 5.75 Å². The number of piperidine rings is 1. The lowest BCUT2D eigenvalue weighted by molar-refractivity contribution is -0.148. The maximum atomic E-state index is 13.1. The molecule has 1 saturated heterocycles. The molecule has 1 saturated carbocycles. The maximum absolute atomic E-state index is 13.1. The summed E-state index contributed by atoms with van der Waals surface area (Å²) >= 11 is 0. The Morgan fingerprint density at radius 3 is 2.59 bits per heavy atom. The van der Waals surface area contributed by atoms with E-state index in [2.05, 4.69) is 24.1 Å². The molecule has 1 amide bonds. The van der Waals surface area contributed by atoms with Crippen molar-refractivity contribution in [3.63, 3.8) is 0 Å². The average Bonchev–Trinajstić information content (AvgIpc) is 2.74. The van der Waals surface area contributed by atoms with Crippen molar-refractivity contribution >= 4 is 11.6 Å². The standard InChI is InChI=1S/C24H38N2O3/c1-3-17-29-24(13-7-8-20(2)19-24)23(27)25-21-9-11-22(12-10-21)28-18-16-26-14-5-4-6-15-26/h9-12,20H,3-8,13-19H2,1-2H3,(H,25,27)/t20-,24+/m1/s1. The van der Waals surface area contributed by atoms with Crippen molar-refractivity contribution in [2.45, 2.75) is 70.8 Å². The zero-order valence-corrected chi connectivity index (χ0v) is 18.3. The van der Waals surface area contributed by atoms with Crippen LogP contribution in [0.4, 0.5) is 5.69 Å². The third kappa shape index (κ3) is 6.45. The number of nitrogens with one attached hydrogen (secondary N) is 1. The van der Waals surface area contributed by atoms with E-state index in [1.165, 1.54) is 38.8 Å². The molecule has 3 rings (SSSR count). The number of benzene rings is 1. The molecule has 1 heterocycles. The molecule has 0 radical (unpaired) electrons. The fourth-order valence-corrected chi connectivity index (χ4v) is 4.56. The summed E-state index contributed by atoms with van der Waals surface area (Å²) in [5, 5.41) is 3.09. The van der Waals surface area contributed by atoms with Crippen molar-refractivity contribution in [2.24, 2.45) is 5.92 Å². The molecule has 162 valence electrons. The van der Waals surface area contributed by atoms with Gasteiger partial charge in [0.1, 0.15) is 18.0 Å². The number of rotatable bonds is 9. The van der Waals surface area contributed by atoms with Gasteiger partial charge in [-0.15, -0.1) is 0 Å². The van der Waals surface area contributed by atoms with Gasteiger partial charge in [0.25, 0.3) is 5.91 Å². The van der Waals surface area contributed by atoms with Gasteiger partial charge in [0.15, 0.2) is 0 Å². The zero-order valence-electron chi connectivity index (χ0n) is 18.3. The SMILES string of the molecule is CCCO[C@@]1(C(=O)Nc2ccc(OCCN3CCCCC3)cc2)CCC[C@@H](C)C1. The second kappa shape index (κ2) is 11.0. The topological polar surface area (TPSA) is 50.8 Å². The van der Waals surface area contributed by atoms with E-state index in [4.69, 9.17) is 9.47 Å². The molecule has 0 bridgehead atoms. The van der Waals surface area contributed by atoms with Crippen molar-refractivity contribution < 1.29 is 14.3 Å². The van der Waals surface area contributed by atoms with E-state index in [1.807, 2.05) is 24.3 Å². The maximum Gasteiger partial charge on any atom is 0.256 e. The summed E-state index contributed by atoms with van der Waals surface area (Å²) in [6, 6.07) is 7.73. The lowest BCUT2D eigenvalue weighted by atomic mass is 9.78. The van der Waals surface area contributed by atoms with Gasteiger partial charge in [-0.3, -0.25) is 9.69 Å². The van der Waals surface area contributed by atoms with E-state index in [-0.39, 0.29) is 5.91 Å². The van der Waals surface area contributed by atoms with Crippen LogP contribution in [0.5, 0.6) is 5.75 Å². The van der Waals surface area contributed by atoms with E-state index in [0.717, 1.165) is 43.7 Å². The normalized spacial score (nSPS) is 25.5. The molecule has 0 spiro atoms. The Kier molecular flexibility index (Phi) is 8.37. The fourth-order valence-electron chi connectivity index (χ4n) is 4.56. The molecule has 1 aliphatic carbocycles. The van der Waals surface area contributed by atoms with Gasteiger partial charge in [-0.05, 0) is 81.8 Å². The lowest BCUT2D eigenvalue weighted by Gasteiger charge is -2.38. The minimum atomic E-state index is -0.683. The largest absolute Gasteiger partial charge is 0.492 e. The van der Waals surface area contributed by atoms with Gasteiger partial charge in [0, 0.05) is 18.8 Å². The summed E-state index contributed by atoms with van der Waals surface area (Å²) in [4.78, 5) is 15.6. The van der Waals surface area contributed by atoms with Crippen LogP contribution in [0.3, 0.4) is 0 Å². The number of likely N-dealkylation sites (tertiary alicyclic amines) is 1. The quantitative estimate of drug-likeness (QED) is 0.640. The lowest BCUT2D eigenvalue weighted by Crippen LogP contribution is -2.48. The van der Waals surface area contributed by atoms with Crippen LogP contribution in [0.25, 0.3) is 0 Å². The van der Waals surface area contributed by atoms with Crippen LogP contribution in [0.2, 0.25) is 0 Å². The second-order valence-corrected chi connectivity index (χ2v) is 8.77. The van der Waals surface area contributed by atoms with E-state index < -0.39 is 5.60 Å². The predicted octanol–water partition coefficient (Wildman–Crippen LogP) is 4.87. The molecule has 1 aliphatic heterocycles. The van der Waals surface area contributed by atoms with E-state index in [1.54, 1.807) is 0 Å². The molecule has 2 fully saturated rings. The summed E-state index contributed by atoms with van der Waals surface area (Å²) in [7, 11) is 0. The third-order valence-corrected chi connectivity index (χ3v) is 6.19. The first-order valence-corrected chi connectivity index (χ1v) is 11.5. The number of carbonyl (C=O) groups is 1. The number of nitrogens with zero attached hydrogens (tertiary/aromatic N) is 1. The van der Waals surface area contributed by atoms with E-state index >= 15 is 0 Å². The van der Waals surface area contributed by atoms with Crippen molar-refractivity contribution in [1.82, 2.24) is 4.90 Å². The van der Waals surface area contributed by atoms with Crippen LogP contribution >= 0.6 is 0 Å². The van der Waals surface area contributed by atoms with Gasteiger partial charge in [-0.2, -0.15) is 0 Å². The molecular formula is C24H38N2O3. The zero-order chi connectivity index (χ0) is 20.5. The third-order valence-electron chi connectivity index (χ3n) is 6.19. The monoisotopic (exact) mass is 402 g/mol. The highest BCUT2D eigenvalue weighted by Gasteiger charge is 2.42. The highest BCUT2D eigenvalue weighted by atomic mass is 16.5. The Morgan fingerprint density at radius 1 is 1.14 bits per heavy atom. The van der Waals surface area contributed by atoms with Crippen molar-refractivity contribution in [1.29, 1.82) is 0 Å². The molecular weight excluding hydrogens is 364 g/mol. The second-order valence-electron chi connectivity index (χ2n) is 8.77. The van der Waals surface area contributed by atoms with E-state index in [0.29, 0.717) is 19.1 Å². The number of anilines is 1. The van der Waals surface area contributed by atoms with Crippen LogP contribution in [-0.2, 0) is 9.53 Å². The van der Waals surface area contributed by atoms with Gasteiger partial charge in [0.2, 0.25) is 0 Å². The Balaban J connectivity index is 1.51. The van der Waals surface area contributed by atoms with Gasteiger partial charge < -0.3 is 14.8 Å². The molecule has 2 atom stereocenters. The van der Waals surface area contributed by atoms with E-state index in [9.17, 15) is 4.79 Å². The Bertz CT molecular complexity index is 628. The Hall–Kier alpha value is -1.59. The molecule has 1 aromatic carbocycles. The summed E-state index contributed by atoms with van der Waals surface area (Å²) in [5.74, 6) is 1.36. The summed E-state index contributed by atoms with van der Waals surface area (Å²) in [6.45, 7) is 8.99. The van der Waals surface area contributed by atoms with Crippen molar-refractivity contribution in [2.75, 3.05) is 38.2 Å². The minimum Gasteiger partial charge on any atom is -0.492 e.